The average Bonchev–Trinajstić information content (AvgIpc) is 2.44. The molecule has 0 amide bonds. The van der Waals surface area contributed by atoms with E-state index in [2.05, 4.69) is 9.28 Å². The first-order valence-corrected chi connectivity index (χ1v) is 7.82. The van der Waals surface area contributed by atoms with Crippen molar-refractivity contribution in [2.75, 3.05) is 6.61 Å². The minimum Gasteiger partial charge on any atom is -0.372 e. The van der Waals surface area contributed by atoms with Gasteiger partial charge in [0.05, 0.1) is 6.20 Å². The zero-order valence-electron chi connectivity index (χ0n) is 10.8. The van der Waals surface area contributed by atoms with Crippen LogP contribution in [0.25, 0.3) is 0 Å². The van der Waals surface area contributed by atoms with Crippen molar-refractivity contribution in [3.63, 3.8) is 0 Å². The summed E-state index contributed by atoms with van der Waals surface area (Å²) in [6.45, 7) is 0.400. The van der Waals surface area contributed by atoms with E-state index in [4.69, 9.17) is 16.3 Å². The van der Waals surface area contributed by atoms with Gasteiger partial charge in [-0.15, -0.1) is 0 Å². The molecule has 0 N–H and O–H groups in total. The average molecular weight is 363 g/mol. The summed E-state index contributed by atoms with van der Waals surface area (Å²) in [5.41, 5.74) is -6.64. The summed E-state index contributed by atoms with van der Waals surface area (Å²) in [6, 6.07) is 0. The van der Waals surface area contributed by atoms with Gasteiger partial charge in [0.2, 0.25) is 0 Å². The molecular formula is C10H10ClF3N2O5S. The lowest BCUT2D eigenvalue weighted by molar-refractivity contribution is -0.0502. The Morgan fingerprint density at radius 1 is 1.41 bits per heavy atom. The molecule has 12 heteroatoms. The third-order valence-corrected chi connectivity index (χ3v) is 4.14. The fourth-order valence-corrected chi connectivity index (χ4v) is 2.45. The maximum Gasteiger partial charge on any atom is 0.534 e. The van der Waals surface area contributed by atoms with Gasteiger partial charge in [0.25, 0.3) is 5.56 Å². The van der Waals surface area contributed by atoms with Crippen molar-refractivity contribution >= 4 is 21.7 Å². The van der Waals surface area contributed by atoms with Gasteiger partial charge in [0.15, 0.2) is 17.0 Å². The van der Waals surface area contributed by atoms with Crippen LogP contribution in [0.1, 0.15) is 25.5 Å². The van der Waals surface area contributed by atoms with Gasteiger partial charge in [-0.1, -0.05) is 11.6 Å². The van der Waals surface area contributed by atoms with Gasteiger partial charge in [-0.2, -0.15) is 31.4 Å². The Labute approximate surface area is 127 Å². The predicted octanol–water partition coefficient (Wildman–Crippen LogP) is 1.82. The Kier molecular flexibility index (Phi) is 4.68. The normalized spacial score (nSPS) is 19.9. The molecule has 0 spiro atoms. The van der Waals surface area contributed by atoms with E-state index in [1.165, 1.54) is 0 Å². The van der Waals surface area contributed by atoms with E-state index in [1.807, 2.05) is 0 Å². The number of aromatic nitrogens is 2. The Balaban J connectivity index is 2.33. The molecule has 1 aromatic heterocycles. The molecule has 7 nitrogen and oxygen atoms in total. The molecule has 1 fully saturated rings. The Hall–Kier alpha value is -1.33. The zero-order valence-corrected chi connectivity index (χ0v) is 12.4. The van der Waals surface area contributed by atoms with E-state index in [0.29, 0.717) is 19.2 Å². The smallest absolute Gasteiger partial charge is 0.372 e. The van der Waals surface area contributed by atoms with Crippen LogP contribution in [-0.2, 0) is 14.9 Å². The maximum absolute atomic E-state index is 12.2. The van der Waals surface area contributed by atoms with E-state index in [0.717, 1.165) is 17.5 Å². The topological polar surface area (TPSA) is 87.5 Å². The molecule has 22 heavy (non-hydrogen) atoms. The SMILES string of the molecule is O=c1c(Cl)c(OS(=O)(=O)C(F)(F)F)cnn1C1CCCCO1. The highest BCUT2D eigenvalue weighted by molar-refractivity contribution is 7.88. The van der Waals surface area contributed by atoms with Crippen LogP contribution in [0.3, 0.4) is 0 Å². The highest BCUT2D eigenvalue weighted by atomic mass is 35.5. The molecule has 0 bridgehead atoms. The highest BCUT2D eigenvalue weighted by Crippen LogP contribution is 2.29. The van der Waals surface area contributed by atoms with Crippen LogP contribution in [0.4, 0.5) is 13.2 Å². The second kappa shape index (κ2) is 6.05. The Morgan fingerprint density at radius 3 is 2.64 bits per heavy atom. The summed E-state index contributed by atoms with van der Waals surface area (Å²) in [7, 11) is -5.93. The molecule has 0 aromatic carbocycles. The predicted molar refractivity (Wildman–Crippen MR) is 67.9 cm³/mol. The minimum absolute atomic E-state index is 0.400. The van der Waals surface area contributed by atoms with E-state index < -0.39 is 38.2 Å². The van der Waals surface area contributed by atoms with Crippen molar-refractivity contribution in [2.45, 2.75) is 31.0 Å². The number of ether oxygens (including phenoxy) is 1. The molecule has 1 aromatic rings. The van der Waals surface area contributed by atoms with Gasteiger partial charge in [0, 0.05) is 6.61 Å². The third-order valence-electron chi connectivity index (χ3n) is 2.82. The van der Waals surface area contributed by atoms with E-state index in [1.54, 1.807) is 0 Å². The molecule has 2 rings (SSSR count). The zero-order chi connectivity index (χ0) is 16.5. The Bertz CT molecular complexity index is 712. The van der Waals surface area contributed by atoms with Crippen molar-refractivity contribution in [2.24, 2.45) is 0 Å². The molecule has 1 aliphatic rings. The van der Waals surface area contributed by atoms with Crippen molar-refractivity contribution < 1.29 is 30.5 Å². The van der Waals surface area contributed by atoms with E-state index in [-0.39, 0.29) is 0 Å². The summed E-state index contributed by atoms with van der Waals surface area (Å²) in [5.74, 6) is -0.990. The number of hydrogen-bond acceptors (Lipinski definition) is 6. The van der Waals surface area contributed by atoms with Crippen LogP contribution in [0.5, 0.6) is 5.75 Å². The van der Waals surface area contributed by atoms with Crippen LogP contribution < -0.4 is 9.74 Å². The Morgan fingerprint density at radius 2 is 2.09 bits per heavy atom. The molecule has 1 aliphatic heterocycles. The van der Waals surface area contributed by atoms with Crippen LogP contribution in [0, 0.1) is 0 Å². The number of hydrogen-bond donors (Lipinski definition) is 0. The fraction of sp³-hybridized carbons (Fsp3) is 0.600. The number of nitrogens with zero attached hydrogens (tertiary/aromatic N) is 2. The van der Waals surface area contributed by atoms with Crippen LogP contribution in [0.2, 0.25) is 5.02 Å². The second-order valence-corrected chi connectivity index (χ2v) is 6.29. The second-order valence-electron chi connectivity index (χ2n) is 4.38. The summed E-state index contributed by atoms with van der Waals surface area (Å²) < 4.78 is 68.5. The van der Waals surface area contributed by atoms with Crippen LogP contribution in [0.15, 0.2) is 11.0 Å². The lowest BCUT2D eigenvalue weighted by Crippen LogP contribution is -2.33. The van der Waals surface area contributed by atoms with Gasteiger partial charge in [-0.3, -0.25) is 4.79 Å². The lowest BCUT2D eigenvalue weighted by Gasteiger charge is -2.23. The van der Waals surface area contributed by atoms with Crippen molar-refractivity contribution in [3.05, 3.63) is 21.6 Å². The van der Waals surface area contributed by atoms with Crippen molar-refractivity contribution in [3.8, 4) is 5.75 Å². The van der Waals surface area contributed by atoms with Gasteiger partial charge in [0.1, 0.15) is 0 Å². The number of alkyl halides is 3. The molecular weight excluding hydrogens is 353 g/mol. The van der Waals surface area contributed by atoms with Gasteiger partial charge in [-0.05, 0) is 19.3 Å². The molecule has 2 heterocycles. The van der Waals surface area contributed by atoms with Crippen molar-refractivity contribution in [1.29, 1.82) is 0 Å². The minimum atomic E-state index is -5.93. The molecule has 124 valence electrons. The van der Waals surface area contributed by atoms with E-state index in [9.17, 15) is 26.4 Å². The van der Waals surface area contributed by atoms with Gasteiger partial charge >= 0.3 is 15.6 Å². The summed E-state index contributed by atoms with van der Waals surface area (Å²) in [6.07, 6.45) is 1.99. The molecule has 0 aliphatic carbocycles. The largest absolute Gasteiger partial charge is 0.534 e. The molecule has 0 radical (unpaired) electrons. The van der Waals surface area contributed by atoms with Crippen LogP contribution in [-0.4, -0.2) is 30.3 Å². The van der Waals surface area contributed by atoms with E-state index >= 15 is 0 Å². The fourth-order valence-electron chi connectivity index (χ4n) is 1.77. The highest BCUT2D eigenvalue weighted by Gasteiger charge is 2.49. The molecule has 1 unspecified atom stereocenters. The molecule has 0 saturated carbocycles. The van der Waals surface area contributed by atoms with Crippen LogP contribution >= 0.6 is 11.6 Å². The van der Waals surface area contributed by atoms with Crippen molar-refractivity contribution in [1.82, 2.24) is 9.78 Å². The first kappa shape index (κ1) is 17.0. The maximum atomic E-state index is 12.2. The summed E-state index contributed by atoms with van der Waals surface area (Å²) in [5, 5.41) is 2.74. The lowest BCUT2D eigenvalue weighted by atomic mass is 10.2. The van der Waals surface area contributed by atoms with Gasteiger partial charge in [-0.25, -0.2) is 0 Å². The monoisotopic (exact) mass is 362 g/mol. The summed E-state index contributed by atoms with van der Waals surface area (Å²) in [4.78, 5) is 12.0. The molecule has 1 atom stereocenters. The molecule has 1 saturated heterocycles. The number of rotatable bonds is 3. The first-order valence-electron chi connectivity index (χ1n) is 6.03. The van der Waals surface area contributed by atoms with Gasteiger partial charge < -0.3 is 8.92 Å². The quantitative estimate of drug-likeness (QED) is 0.602. The summed E-state index contributed by atoms with van der Waals surface area (Å²) >= 11 is 5.59. The third kappa shape index (κ3) is 3.36. The first-order chi connectivity index (χ1) is 10.1. The standard InChI is InChI=1S/C10H10ClF3N2O5S/c11-8-6(21-22(18,19)10(12,13)14)5-15-16(9(8)17)7-3-1-2-4-20-7/h5,7H,1-4H2. The number of halogens is 4.